The van der Waals surface area contributed by atoms with E-state index in [9.17, 15) is 19.7 Å². The summed E-state index contributed by atoms with van der Waals surface area (Å²) < 4.78 is 0. The summed E-state index contributed by atoms with van der Waals surface area (Å²) in [5.74, 6) is -0.806. The highest BCUT2D eigenvalue weighted by molar-refractivity contribution is 6.00. The Hall–Kier alpha value is -3.22. The fraction of sp³-hybridized carbons (Fsp3) is 0.222. The number of nitrogens with one attached hydrogen (secondary N) is 2. The number of nitrogens with zero attached hydrogens (tertiary/aromatic N) is 1. The lowest BCUT2D eigenvalue weighted by Gasteiger charge is -2.12. The molecule has 130 valence electrons. The number of anilines is 1. The first-order chi connectivity index (χ1) is 11.8. The van der Waals surface area contributed by atoms with Gasteiger partial charge in [-0.05, 0) is 44.0 Å². The van der Waals surface area contributed by atoms with E-state index in [1.165, 1.54) is 18.2 Å². The molecular weight excluding hydrogens is 322 g/mol. The molecular formula is C18H19N3O4. The molecule has 7 heteroatoms. The minimum atomic E-state index is -0.505. The first-order valence-electron chi connectivity index (χ1n) is 7.69. The van der Waals surface area contributed by atoms with E-state index in [-0.39, 0.29) is 23.7 Å². The summed E-state index contributed by atoms with van der Waals surface area (Å²) in [6.45, 7) is 5.15. The molecule has 0 saturated heterocycles. The first kappa shape index (κ1) is 18.1. The lowest BCUT2D eigenvalue weighted by Crippen LogP contribution is -2.33. The highest BCUT2D eigenvalue weighted by atomic mass is 16.6. The molecule has 2 aromatic rings. The van der Waals surface area contributed by atoms with Crippen LogP contribution in [0.15, 0.2) is 36.4 Å². The zero-order chi connectivity index (χ0) is 18.6. The Morgan fingerprint density at radius 3 is 2.24 bits per heavy atom. The zero-order valence-corrected chi connectivity index (χ0v) is 14.3. The van der Waals surface area contributed by atoms with Crippen molar-refractivity contribution >= 4 is 23.2 Å². The molecule has 2 N–H and O–H groups in total. The minimum absolute atomic E-state index is 0.0516. The second kappa shape index (κ2) is 7.57. The molecule has 0 radical (unpaired) electrons. The van der Waals surface area contributed by atoms with Gasteiger partial charge in [0.25, 0.3) is 11.6 Å². The fourth-order valence-corrected chi connectivity index (χ4v) is 2.46. The number of hydrogen-bond acceptors (Lipinski definition) is 4. The number of carbonyl (C=O) groups excluding carboxylic acids is 2. The molecule has 2 rings (SSSR count). The predicted octanol–water partition coefficient (Wildman–Crippen LogP) is 2.89. The molecule has 7 nitrogen and oxygen atoms in total. The Bertz CT molecular complexity index is 826. The van der Waals surface area contributed by atoms with Crippen molar-refractivity contribution in [3.8, 4) is 0 Å². The van der Waals surface area contributed by atoms with Crippen LogP contribution in [0.2, 0.25) is 0 Å². The molecule has 0 fully saturated rings. The zero-order valence-electron chi connectivity index (χ0n) is 14.3. The number of nitro benzene ring substituents is 1. The SMILES string of the molecule is Cc1cc(C(=O)NCC(=O)Nc2c(C)cccc2C)ccc1[N+](=O)[O-]. The Kier molecular flexibility index (Phi) is 5.49. The highest BCUT2D eigenvalue weighted by Gasteiger charge is 2.15. The average Bonchev–Trinajstić information content (AvgIpc) is 2.55. The van der Waals surface area contributed by atoms with Gasteiger partial charge in [-0.1, -0.05) is 18.2 Å². The van der Waals surface area contributed by atoms with E-state index in [0.717, 1.165) is 16.8 Å². The van der Waals surface area contributed by atoms with Gasteiger partial charge in [0, 0.05) is 22.9 Å². The lowest BCUT2D eigenvalue weighted by molar-refractivity contribution is -0.385. The van der Waals surface area contributed by atoms with E-state index in [0.29, 0.717) is 5.56 Å². The topological polar surface area (TPSA) is 101 Å². The fourth-order valence-electron chi connectivity index (χ4n) is 2.46. The van der Waals surface area contributed by atoms with Gasteiger partial charge in [-0.15, -0.1) is 0 Å². The molecule has 0 aliphatic rings. The van der Waals surface area contributed by atoms with Crippen LogP contribution >= 0.6 is 0 Å². The van der Waals surface area contributed by atoms with Gasteiger partial charge in [0.15, 0.2) is 0 Å². The second-order valence-electron chi connectivity index (χ2n) is 5.76. The first-order valence-corrected chi connectivity index (χ1v) is 7.69. The summed E-state index contributed by atoms with van der Waals surface area (Å²) in [6, 6.07) is 9.75. The predicted molar refractivity (Wildman–Crippen MR) is 94.7 cm³/mol. The van der Waals surface area contributed by atoms with E-state index in [4.69, 9.17) is 0 Å². The monoisotopic (exact) mass is 341 g/mol. The van der Waals surface area contributed by atoms with E-state index in [2.05, 4.69) is 10.6 Å². The van der Waals surface area contributed by atoms with Gasteiger partial charge in [0.2, 0.25) is 5.91 Å². The van der Waals surface area contributed by atoms with Gasteiger partial charge in [-0.3, -0.25) is 19.7 Å². The lowest BCUT2D eigenvalue weighted by atomic mass is 10.1. The van der Waals surface area contributed by atoms with Gasteiger partial charge >= 0.3 is 0 Å². The average molecular weight is 341 g/mol. The summed E-state index contributed by atoms with van der Waals surface area (Å²) in [7, 11) is 0. The summed E-state index contributed by atoms with van der Waals surface area (Å²) in [4.78, 5) is 34.4. The molecule has 2 amide bonds. The van der Waals surface area contributed by atoms with Crippen LogP contribution < -0.4 is 10.6 Å². The number of nitro groups is 1. The maximum Gasteiger partial charge on any atom is 0.272 e. The molecule has 2 aromatic carbocycles. The molecule has 0 atom stereocenters. The van der Waals surface area contributed by atoms with Crippen molar-refractivity contribution in [1.29, 1.82) is 0 Å². The third-order valence-corrected chi connectivity index (χ3v) is 3.81. The summed E-state index contributed by atoms with van der Waals surface area (Å²) in [5, 5.41) is 16.1. The van der Waals surface area contributed by atoms with Gasteiger partial charge in [-0.2, -0.15) is 0 Å². The molecule has 0 heterocycles. The van der Waals surface area contributed by atoms with E-state index >= 15 is 0 Å². The Morgan fingerprint density at radius 1 is 1.04 bits per heavy atom. The molecule has 0 bridgehead atoms. The van der Waals surface area contributed by atoms with Gasteiger partial charge in [0.05, 0.1) is 11.5 Å². The number of rotatable bonds is 5. The third kappa shape index (κ3) is 4.41. The van der Waals surface area contributed by atoms with E-state index in [1.54, 1.807) is 6.92 Å². The quantitative estimate of drug-likeness (QED) is 0.645. The van der Waals surface area contributed by atoms with Crippen LogP contribution in [0.4, 0.5) is 11.4 Å². The van der Waals surface area contributed by atoms with Crippen molar-refractivity contribution < 1.29 is 14.5 Å². The maximum absolute atomic E-state index is 12.1. The van der Waals surface area contributed by atoms with Crippen LogP contribution in [0.25, 0.3) is 0 Å². The Morgan fingerprint density at radius 2 is 1.68 bits per heavy atom. The normalized spacial score (nSPS) is 10.2. The van der Waals surface area contributed by atoms with Crippen LogP contribution in [0.5, 0.6) is 0 Å². The van der Waals surface area contributed by atoms with E-state index < -0.39 is 10.8 Å². The number of hydrogen-bond donors (Lipinski definition) is 2. The van der Waals surface area contributed by atoms with Crippen LogP contribution in [0, 0.1) is 30.9 Å². The molecule has 0 spiro atoms. The number of amides is 2. The number of benzene rings is 2. The van der Waals surface area contributed by atoms with Crippen molar-refractivity contribution in [1.82, 2.24) is 5.32 Å². The highest BCUT2D eigenvalue weighted by Crippen LogP contribution is 2.20. The number of para-hydroxylation sites is 1. The smallest absolute Gasteiger partial charge is 0.272 e. The Labute approximate surface area is 145 Å². The molecule has 0 unspecified atom stereocenters. The molecule has 0 aliphatic carbocycles. The molecule has 0 aromatic heterocycles. The van der Waals surface area contributed by atoms with E-state index in [1.807, 2.05) is 32.0 Å². The van der Waals surface area contributed by atoms with Crippen molar-refractivity contribution in [2.75, 3.05) is 11.9 Å². The van der Waals surface area contributed by atoms with Crippen molar-refractivity contribution in [3.63, 3.8) is 0 Å². The van der Waals surface area contributed by atoms with Crippen LogP contribution in [-0.4, -0.2) is 23.3 Å². The van der Waals surface area contributed by atoms with Crippen LogP contribution in [0.3, 0.4) is 0 Å². The van der Waals surface area contributed by atoms with Crippen molar-refractivity contribution in [2.24, 2.45) is 0 Å². The molecule has 0 aliphatic heterocycles. The Balaban J connectivity index is 1.99. The second-order valence-corrected chi connectivity index (χ2v) is 5.76. The number of aryl methyl sites for hydroxylation is 3. The van der Waals surface area contributed by atoms with Crippen molar-refractivity contribution in [3.05, 3.63) is 68.8 Å². The summed E-state index contributed by atoms with van der Waals surface area (Å²) >= 11 is 0. The summed E-state index contributed by atoms with van der Waals surface area (Å²) in [6.07, 6.45) is 0. The van der Waals surface area contributed by atoms with Crippen molar-refractivity contribution in [2.45, 2.75) is 20.8 Å². The summed E-state index contributed by atoms with van der Waals surface area (Å²) in [5.41, 5.74) is 3.20. The van der Waals surface area contributed by atoms with Gasteiger partial charge in [0.1, 0.15) is 0 Å². The van der Waals surface area contributed by atoms with Gasteiger partial charge in [-0.25, -0.2) is 0 Å². The maximum atomic E-state index is 12.1. The standard InChI is InChI=1S/C18H19N3O4/c1-11-5-4-6-12(2)17(11)20-16(22)10-19-18(23)14-7-8-15(21(24)25)13(3)9-14/h4-9H,10H2,1-3H3,(H,19,23)(H,20,22). The van der Waals surface area contributed by atoms with Gasteiger partial charge < -0.3 is 10.6 Å². The van der Waals surface area contributed by atoms with Crippen LogP contribution in [0.1, 0.15) is 27.0 Å². The van der Waals surface area contributed by atoms with Crippen LogP contribution in [-0.2, 0) is 4.79 Å². The molecule has 25 heavy (non-hydrogen) atoms. The molecule has 0 saturated carbocycles. The number of carbonyl (C=O) groups is 2. The largest absolute Gasteiger partial charge is 0.343 e. The minimum Gasteiger partial charge on any atom is -0.343 e. The third-order valence-electron chi connectivity index (χ3n) is 3.81.